The van der Waals surface area contributed by atoms with Gasteiger partial charge in [0.15, 0.2) is 0 Å². The smallest absolute Gasteiger partial charge is 0.410 e. The quantitative estimate of drug-likeness (QED) is 0.679. The Balaban J connectivity index is 1.38. The highest BCUT2D eigenvalue weighted by atomic mass is 16.6. The molecule has 1 aromatic carbocycles. The second-order valence-electron chi connectivity index (χ2n) is 8.37. The van der Waals surface area contributed by atoms with Crippen LogP contribution < -0.4 is 11.1 Å². The number of carbonyl (C=O) groups is 2. The van der Waals surface area contributed by atoms with Crippen LogP contribution in [0.1, 0.15) is 44.1 Å². The van der Waals surface area contributed by atoms with E-state index in [9.17, 15) is 9.59 Å². The first-order valence-electron chi connectivity index (χ1n) is 11.3. The van der Waals surface area contributed by atoms with Crippen molar-refractivity contribution in [1.82, 2.24) is 15.1 Å². The SMILES string of the molecule is NCCC(CNC1CCN(C(=O)OCc2ccccc2)CC1)C(=O)N1CCCCC1. The summed E-state index contributed by atoms with van der Waals surface area (Å²) >= 11 is 0. The zero-order chi connectivity index (χ0) is 21.2. The lowest BCUT2D eigenvalue weighted by molar-refractivity contribution is -0.136. The number of hydrogen-bond donors (Lipinski definition) is 2. The molecule has 2 aliphatic heterocycles. The van der Waals surface area contributed by atoms with Gasteiger partial charge in [0.25, 0.3) is 0 Å². The van der Waals surface area contributed by atoms with Crippen LogP contribution in [0.3, 0.4) is 0 Å². The van der Waals surface area contributed by atoms with Crippen molar-refractivity contribution in [3.05, 3.63) is 35.9 Å². The third kappa shape index (κ3) is 6.71. The van der Waals surface area contributed by atoms with Crippen molar-refractivity contribution in [1.29, 1.82) is 0 Å². The maximum absolute atomic E-state index is 12.9. The van der Waals surface area contributed by atoms with E-state index >= 15 is 0 Å². The van der Waals surface area contributed by atoms with Crippen molar-refractivity contribution in [2.45, 2.75) is 51.2 Å². The summed E-state index contributed by atoms with van der Waals surface area (Å²) in [5.41, 5.74) is 6.76. The fourth-order valence-corrected chi connectivity index (χ4v) is 4.27. The van der Waals surface area contributed by atoms with Crippen LogP contribution in [0.2, 0.25) is 0 Å². The number of nitrogens with one attached hydrogen (secondary N) is 1. The summed E-state index contributed by atoms with van der Waals surface area (Å²) in [4.78, 5) is 29.0. The Morgan fingerprint density at radius 3 is 2.40 bits per heavy atom. The number of ether oxygens (including phenoxy) is 1. The van der Waals surface area contributed by atoms with Gasteiger partial charge in [0.1, 0.15) is 6.61 Å². The lowest BCUT2D eigenvalue weighted by atomic mass is 9.99. The molecule has 30 heavy (non-hydrogen) atoms. The van der Waals surface area contributed by atoms with Crippen molar-refractivity contribution >= 4 is 12.0 Å². The van der Waals surface area contributed by atoms with Gasteiger partial charge >= 0.3 is 6.09 Å². The minimum absolute atomic E-state index is 0.0537. The second-order valence-corrected chi connectivity index (χ2v) is 8.37. The molecule has 0 aliphatic carbocycles. The molecule has 3 N–H and O–H groups in total. The van der Waals surface area contributed by atoms with Gasteiger partial charge in [-0.3, -0.25) is 4.79 Å². The molecule has 3 rings (SSSR count). The molecule has 2 heterocycles. The molecule has 0 spiro atoms. The maximum atomic E-state index is 12.9. The van der Waals surface area contributed by atoms with Crippen LogP contribution in [-0.4, -0.2) is 67.1 Å². The minimum atomic E-state index is -0.251. The third-order valence-corrected chi connectivity index (χ3v) is 6.14. The maximum Gasteiger partial charge on any atom is 0.410 e. The van der Waals surface area contributed by atoms with Gasteiger partial charge in [0.2, 0.25) is 5.91 Å². The number of likely N-dealkylation sites (tertiary alicyclic amines) is 2. The zero-order valence-electron chi connectivity index (χ0n) is 17.9. The summed E-state index contributed by atoms with van der Waals surface area (Å²) in [6.07, 6.45) is 5.63. The van der Waals surface area contributed by atoms with Crippen LogP contribution in [0, 0.1) is 5.92 Å². The molecular weight excluding hydrogens is 380 g/mol. The molecular formula is C23H36N4O3. The molecule has 7 heteroatoms. The summed E-state index contributed by atoms with van der Waals surface area (Å²) in [5, 5.41) is 3.56. The van der Waals surface area contributed by atoms with Crippen LogP contribution in [0.15, 0.2) is 30.3 Å². The van der Waals surface area contributed by atoms with E-state index < -0.39 is 0 Å². The Kier molecular flexibility index (Phi) is 8.96. The first-order chi connectivity index (χ1) is 14.7. The average molecular weight is 417 g/mol. The molecule has 7 nitrogen and oxygen atoms in total. The summed E-state index contributed by atoms with van der Waals surface area (Å²) in [6, 6.07) is 10.0. The molecule has 0 radical (unpaired) electrons. The number of rotatable bonds is 8. The van der Waals surface area contributed by atoms with Gasteiger partial charge in [-0.25, -0.2) is 4.79 Å². The molecule has 0 aromatic heterocycles. The van der Waals surface area contributed by atoms with Crippen LogP contribution in [0.5, 0.6) is 0 Å². The molecule has 2 aliphatic rings. The van der Waals surface area contributed by atoms with Crippen LogP contribution in [0.4, 0.5) is 4.79 Å². The van der Waals surface area contributed by atoms with E-state index in [0.717, 1.165) is 44.3 Å². The largest absolute Gasteiger partial charge is 0.445 e. The molecule has 1 aromatic rings. The van der Waals surface area contributed by atoms with Gasteiger partial charge in [-0.15, -0.1) is 0 Å². The Bertz CT molecular complexity index is 656. The lowest BCUT2D eigenvalue weighted by Crippen LogP contribution is -2.48. The first-order valence-corrected chi connectivity index (χ1v) is 11.3. The van der Waals surface area contributed by atoms with Gasteiger partial charge < -0.3 is 25.6 Å². The molecule has 2 fully saturated rings. The van der Waals surface area contributed by atoms with Crippen LogP contribution >= 0.6 is 0 Å². The Labute approximate surface area is 179 Å². The van der Waals surface area contributed by atoms with E-state index in [4.69, 9.17) is 10.5 Å². The Morgan fingerprint density at radius 1 is 1.03 bits per heavy atom. The topological polar surface area (TPSA) is 87.9 Å². The Morgan fingerprint density at radius 2 is 1.73 bits per heavy atom. The van der Waals surface area contributed by atoms with Gasteiger partial charge in [-0.1, -0.05) is 30.3 Å². The fourth-order valence-electron chi connectivity index (χ4n) is 4.27. The van der Waals surface area contributed by atoms with Gasteiger partial charge in [-0.05, 0) is 50.6 Å². The molecule has 2 amide bonds. The fraction of sp³-hybridized carbons (Fsp3) is 0.652. The van der Waals surface area contributed by atoms with Crippen molar-refractivity contribution in [3.8, 4) is 0 Å². The molecule has 2 saturated heterocycles. The standard InChI is InChI=1S/C23H36N4O3/c24-12-9-20(22(28)26-13-5-2-6-14-26)17-25-21-10-15-27(16-11-21)23(29)30-18-19-7-3-1-4-8-19/h1,3-4,7-8,20-21,25H,2,5-6,9-18,24H2. The van der Waals surface area contributed by atoms with Gasteiger partial charge in [0, 0.05) is 38.8 Å². The van der Waals surface area contributed by atoms with Gasteiger partial charge in [0.05, 0.1) is 5.92 Å². The Hall–Kier alpha value is -2.12. The van der Waals surface area contributed by atoms with E-state index in [1.54, 1.807) is 4.90 Å². The van der Waals surface area contributed by atoms with Crippen molar-refractivity contribution < 1.29 is 14.3 Å². The normalized spacial score (nSPS) is 18.8. The number of benzene rings is 1. The van der Waals surface area contributed by atoms with Gasteiger partial charge in [-0.2, -0.15) is 0 Å². The number of amides is 2. The molecule has 0 bridgehead atoms. The molecule has 1 atom stereocenters. The monoisotopic (exact) mass is 416 g/mol. The van der Waals surface area contributed by atoms with Crippen molar-refractivity contribution in [3.63, 3.8) is 0 Å². The van der Waals surface area contributed by atoms with Crippen molar-refractivity contribution in [2.75, 3.05) is 39.3 Å². The summed E-state index contributed by atoms with van der Waals surface area (Å²) in [7, 11) is 0. The highest BCUT2D eigenvalue weighted by molar-refractivity contribution is 5.79. The molecule has 0 saturated carbocycles. The molecule has 1 unspecified atom stereocenters. The van der Waals surface area contributed by atoms with Crippen LogP contribution in [-0.2, 0) is 16.1 Å². The summed E-state index contributed by atoms with van der Waals surface area (Å²) in [5.74, 6) is 0.191. The number of nitrogens with zero attached hydrogens (tertiary/aromatic N) is 2. The highest BCUT2D eigenvalue weighted by Crippen LogP contribution is 2.16. The highest BCUT2D eigenvalue weighted by Gasteiger charge is 2.28. The number of nitrogens with two attached hydrogens (primary N) is 1. The van der Waals surface area contributed by atoms with E-state index in [-0.39, 0.29) is 17.9 Å². The van der Waals surface area contributed by atoms with Crippen molar-refractivity contribution in [2.24, 2.45) is 11.7 Å². The summed E-state index contributed by atoms with van der Waals surface area (Å²) < 4.78 is 5.43. The van der Waals surface area contributed by atoms with E-state index in [1.807, 2.05) is 35.2 Å². The van der Waals surface area contributed by atoms with E-state index in [1.165, 1.54) is 6.42 Å². The number of piperidine rings is 2. The average Bonchev–Trinajstić information content (AvgIpc) is 2.81. The third-order valence-electron chi connectivity index (χ3n) is 6.14. The minimum Gasteiger partial charge on any atom is -0.445 e. The zero-order valence-corrected chi connectivity index (χ0v) is 17.9. The molecule has 166 valence electrons. The number of hydrogen-bond acceptors (Lipinski definition) is 5. The van der Waals surface area contributed by atoms with E-state index in [2.05, 4.69) is 5.32 Å². The number of carbonyl (C=O) groups excluding carboxylic acids is 2. The second kappa shape index (κ2) is 11.9. The summed E-state index contributed by atoms with van der Waals surface area (Å²) in [6.45, 7) is 4.59. The lowest BCUT2D eigenvalue weighted by Gasteiger charge is -2.34. The first kappa shape index (κ1) is 22.6. The predicted molar refractivity (Wildman–Crippen MR) is 117 cm³/mol. The predicted octanol–water partition coefficient (Wildman–Crippen LogP) is 2.35. The van der Waals surface area contributed by atoms with Crippen LogP contribution in [0.25, 0.3) is 0 Å². The van der Waals surface area contributed by atoms with E-state index in [0.29, 0.717) is 45.2 Å².